The van der Waals surface area contributed by atoms with E-state index in [9.17, 15) is 14.4 Å². The van der Waals surface area contributed by atoms with Crippen LogP contribution in [-0.2, 0) is 9.59 Å². The van der Waals surface area contributed by atoms with Gasteiger partial charge in [-0.15, -0.1) is 0 Å². The zero-order valence-electron chi connectivity index (χ0n) is 13.8. The van der Waals surface area contributed by atoms with Gasteiger partial charge in [0.25, 0.3) is 5.91 Å². The van der Waals surface area contributed by atoms with E-state index in [0.29, 0.717) is 5.69 Å². The Morgan fingerprint density at radius 1 is 1.26 bits per heavy atom. The van der Waals surface area contributed by atoms with Crippen molar-refractivity contribution >= 4 is 23.5 Å². The molecule has 6 nitrogen and oxygen atoms in total. The van der Waals surface area contributed by atoms with Crippen LogP contribution in [0.5, 0.6) is 0 Å². The largest absolute Gasteiger partial charge is 0.352 e. The Labute approximate surface area is 136 Å². The number of nitrogens with zero attached hydrogens (tertiary/aromatic N) is 2. The van der Waals surface area contributed by atoms with Gasteiger partial charge in [-0.3, -0.25) is 19.4 Å². The maximum atomic E-state index is 12.5. The molecule has 0 aliphatic carbocycles. The lowest BCUT2D eigenvalue weighted by Gasteiger charge is -2.19. The molecule has 1 heterocycles. The Morgan fingerprint density at radius 3 is 2.52 bits per heavy atom. The lowest BCUT2D eigenvalue weighted by Crippen LogP contribution is -2.44. The molecule has 1 aliphatic heterocycles. The van der Waals surface area contributed by atoms with Crippen molar-refractivity contribution in [1.29, 1.82) is 0 Å². The van der Waals surface area contributed by atoms with Crippen LogP contribution in [-0.4, -0.2) is 41.4 Å². The fourth-order valence-corrected chi connectivity index (χ4v) is 2.76. The second-order valence-corrected chi connectivity index (χ2v) is 5.85. The number of para-hydroxylation sites is 1. The highest BCUT2D eigenvalue weighted by Gasteiger charge is 2.43. The van der Waals surface area contributed by atoms with Gasteiger partial charge >= 0.3 is 6.03 Å². The first-order valence-electron chi connectivity index (χ1n) is 7.94. The number of hydrogen-bond donors (Lipinski definition) is 1. The van der Waals surface area contributed by atoms with Gasteiger partial charge in [-0.05, 0) is 32.4 Å². The highest BCUT2D eigenvalue weighted by molar-refractivity contribution is 6.15. The van der Waals surface area contributed by atoms with E-state index >= 15 is 0 Å². The van der Waals surface area contributed by atoms with E-state index in [4.69, 9.17) is 0 Å². The van der Waals surface area contributed by atoms with Crippen molar-refractivity contribution in [3.8, 4) is 0 Å². The van der Waals surface area contributed by atoms with Crippen LogP contribution < -0.4 is 10.2 Å². The zero-order chi connectivity index (χ0) is 17.0. The van der Waals surface area contributed by atoms with Gasteiger partial charge in [0.05, 0.1) is 0 Å². The molecule has 2 rings (SSSR count). The molecular weight excluding hydrogens is 294 g/mol. The van der Waals surface area contributed by atoms with E-state index in [-0.39, 0.29) is 24.4 Å². The summed E-state index contributed by atoms with van der Waals surface area (Å²) in [7, 11) is 0. The molecule has 6 heteroatoms. The van der Waals surface area contributed by atoms with Crippen molar-refractivity contribution in [3.63, 3.8) is 0 Å². The molecule has 0 spiro atoms. The molecule has 1 fully saturated rings. The average molecular weight is 317 g/mol. The van der Waals surface area contributed by atoms with E-state index in [1.807, 2.05) is 32.0 Å². The van der Waals surface area contributed by atoms with Gasteiger partial charge in [-0.2, -0.15) is 0 Å². The Balaban J connectivity index is 2.07. The fourth-order valence-electron chi connectivity index (χ4n) is 2.76. The first-order chi connectivity index (χ1) is 11.0. The number of carbonyl (C=O) groups excluding carboxylic acids is 3. The summed E-state index contributed by atoms with van der Waals surface area (Å²) in [5.74, 6) is -0.660. The summed E-state index contributed by atoms with van der Waals surface area (Å²) in [6.45, 7) is 5.38. The normalized spacial score (nSPS) is 19.2. The number of amides is 4. The van der Waals surface area contributed by atoms with Crippen LogP contribution in [0.2, 0.25) is 0 Å². The molecule has 1 aromatic carbocycles. The molecule has 1 aromatic rings. The summed E-state index contributed by atoms with van der Waals surface area (Å²) in [4.78, 5) is 39.3. The molecule has 1 N–H and O–H groups in total. The molecule has 2 atom stereocenters. The molecular formula is C17H23N3O3. The van der Waals surface area contributed by atoms with Crippen LogP contribution in [0.1, 0.15) is 33.6 Å². The van der Waals surface area contributed by atoms with Crippen LogP contribution in [0, 0.1) is 0 Å². The van der Waals surface area contributed by atoms with E-state index in [1.54, 1.807) is 19.1 Å². The Morgan fingerprint density at radius 2 is 1.91 bits per heavy atom. The van der Waals surface area contributed by atoms with Gasteiger partial charge in [0.1, 0.15) is 12.6 Å². The smallest absolute Gasteiger partial charge is 0.332 e. The topological polar surface area (TPSA) is 69.7 Å². The number of carbonyl (C=O) groups is 3. The molecule has 124 valence electrons. The predicted molar refractivity (Wildman–Crippen MR) is 88.0 cm³/mol. The van der Waals surface area contributed by atoms with Gasteiger partial charge in [-0.25, -0.2) is 4.79 Å². The number of rotatable bonds is 6. The SMILES string of the molecule is CCC[C@H](C)NC(=O)CN1C(=O)[C@H](C)N(c2ccccc2)C1=O. The summed E-state index contributed by atoms with van der Waals surface area (Å²) in [6.07, 6.45) is 1.82. The number of benzene rings is 1. The number of anilines is 1. The molecule has 4 amide bonds. The molecule has 0 unspecified atom stereocenters. The Bertz CT molecular complexity index is 588. The van der Waals surface area contributed by atoms with Crippen molar-refractivity contribution in [2.45, 2.75) is 45.7 Å². The summed E-state index contributed by atoms with van der Waals surface area (Å²) in [5.41, 5.74) is 0.653. The van der Waals surface area contributed by atoms with Gasteiger partial charge in [-0.1, -0.05) is 31.5 Å². The first kappa shape index (κ1) is 17.0. The second kappa shape index (κ2) is 7.26. The summed E-state index contributed by atoms with van der Waals surface area (Å²) in [6, 6.07) is 7.98. The summed E-state index contributed by atoms with van der Waals surface area (Å²) in [5, 5.41) is 2.81. The molecule has 23 heavy (non-hydrogen) atoms. The van der Waals surface area contributed by atoms with Gasteiger partial charge in [0.15, 0.2) is 0 Å². The van der Waals surface area contributed by atoms with Crippen LogP contribution in [0.15, 0.2) is 30.3 Å². The highest BCUT2D eigenvalue weighted by atomic mass is 16.2. The second-order valence-electron chi connectivity index (χ2n) is 5.85. The minimum absolute atomic E-state index is 0.0305. The van der Waals surface area contributed by atoms with Crippen molar-refractivity contribution in [2.75, 3.05) is 11.4 Å². The fraction of sp³-hybridized carbons (Fsp3) is 0.471. The Hall–Kier alpha value is -2.37. The van der Waals surface area contributed by atoms with Crippen molar-refractivity contribution in [1.82, 2.24) is 10.2 Å². The van der Waals surface area contributed by atoms with E-state index < -0.39 is 12.1 Å². The van der Waals surface area contributed by atoms with Crippen LogP contribution in [0.3, 0.4) is 0 Å². The standard InChI is InChI=1S/C17H23N3O3/c1-4-8-12(2)18-15(21)11-19-16(22)13(3)20(17(19)23)14-9-6-5-7-10-14/h5-7,9-10,12-13H,4,8,11H2,1-3H3,(H,18,21)/t12-,13-/m0/s1. The quantitative estimate of drug-likeness (QED) is 0.817. The number of nitrogens with one attached hydrogen (secondary N) is 1. The lowest BCUT2D eigenvalue weighted by atomic mass is 10.2. The van der Waals surface area contributed by atoms with Crippen LogP contribution >= 0.6 is 0 Å². The predicted octanol–water partition coefficient (Wildman–Crippen LogP) is 2.15. The molecule has 0 bridgehead atoms. The third kappa shape index (κ3) is 3.70. The van der Waals surface area contributed by atoms with E-state index in [2.05, 4.69) is 5.32 Å². The van der Waals surface area contributed by atoms with Crippen molar-refractivity contribution in [3.05, 3.63) is 30.3 Å². The van der Waals surface area contributed by atoms with Gasteiger partial charge in [0.2, 0.25) is 5.91 Å². The Kier molecular flexibility index (Phi) is 5.36. The molecule has 0 saturated carbocycles. The van der Waals surface area contributed by atoms with Gasteiger partial charge < -0.3 is 5.32 Å². The van der Waals surface area contributed by atoms with Crippen molar-refractivity contribution < 1.29 is 14.4 Å². The van der Waals surface area contributed by atoms with E-state index in [1.165, 1.54) is 4.90 Å². The number of urea groups is 1. The first-order valence-corrected chi connectivity index (χ1v) is 7.94. The molecule has 0 radical (unpaired) electrons. The third-order valence-corrected chi connectivity index (χ3v) is 3.91. The minimum Gasteiger partial charge on any atom is -0.352 e. The third-order valence-electron chi connectivity index (χ3n) is 3.91. The summed E-state index contributed by atoms with van der Waals surface area (Å²) >= 11 is 0. The zero-order valence-corrected chi connectivity index (χ0v) is 13.8. The van der Waals surface area contributed by atoms with Crippen molar-refractivity contribution in [2.24, 2.45) is 0 Å². The molecule has 1 saturated heterocycles. The van der Waals surface area contributed by atoms with Crippen LogP contribution in [0.25, 0.3) is 0 Å². The minimum atomic E-state index is -0.606. The number of imide groups is 1. The lowest BCUT2D eigenvalue weighted by molar-refractivity contribution is -0.132. The maximum absolute atomic E-state index is 12.5. The van der Waals surface area contributed by atoms with E-state index in [0.717, 1.165) is 17.7 Å². The monoisotopic (exact) mass is 317 g/mol. The van der Waals surface area contributed by atoms with Gasteiger partial charge in [0, 0.05) is 11.7 Å². The molecule has 0 aromatic heterocycles. The summed E-state index contributed by atoms with van der Waals surface area (Å²) < 4.78 is 0. The van der Waals surface area contributed by atoms with Crippen LogP contribution in [0.4, 0.5) is 10.5 Å². The highest BCUT2D eigenvalue weighted by Crippen LogP contribution is 2.25. The number of hydrogen-bond acceptors (Lipinski definition) is 3. The maximum Gasteiger partial charge on any atom is 0.332 e. The average Bonchev–Trinajstić information content (AvgIpc) is 2.72. The molecule has 1 aliphatic rings.